The topological polar surface area (TPSA) is 35.6 Å². The third-order valence-electron chi connectivity index (χ3n) is 4.20. The van der Waals surface area contributed by atoms with Crippen molar-refractivity contribution < 1.29 is 4.79 Å². The number of nitrogens with one attached hydrogen (secondary N) is 1. The molecule has 0 spiro atoms. The molecule has 1 aromatic rings. The molecule has 2 heterocycles. The smallest absolute Gasteiger partial charge is 0.232 e. The highest BCUT2D eigenvalue weighted by molar-refractivity contribution is 5.88. The van der Waals surface area contributed by atoms with Crippen molar-refractivity contribution in [2.75, 3.05) is 44.6 Å². The average molecular weight is 271 g/mol. The SMILES string of the molecule is C=CCN1CCN(C(=O)C2CNc3ccccc32)CC1. The van der Waals surface area contributed by atoms with Crippen molar-refractivity contribution in [3.8, 4) is 0 Å². The highest BCUT2D eigenvalue weighted by Gasteiger charge is 2.32. The second-order valence-corrected chi connectivity index (χ2v) is 5.44. The summed E-state index contributed by atoms with van der Waals surface area (Å²) in [4.78, 5) is 17.0. The first-order valence-electron chi connectivity index (χ1n) is 7.24. The molecule has 0 bridgehead atoms. The summed E-state index contributed by atoms with van der Waals surface area (Å²) in [5.74, 6) is 0.248. The quantitative estimate of drug-likeness (QED) is 0.847. The monoisotopic (exact) mass is 271 g/mol. The molecule has 20 heavy (non-hydrogen) atoms. The maximum atomic E-state index is 12.7. The summed E-state index contributed by atoms with van der Waals surface area (Å²) in [6, 6.07) is 8.12. The Morgan fingerprint density at radius 3 is 2.80 bits per heavy atom. The van der Waals surface area contributed by atoms with Crippen LogP contribution in [0.1, 0.15) is 11.5 Å². The molecule has 1 saturated heterocycles. The average Bonchev–Trinajstić information content (AvgIpc) is 2.92. The molecule has 2 aliphatic heterocycles. The molecule has 4 heteroatoms. The van der Waals surface area contributed by atoms with E-state index in [-0.39, 0.29) is 11.8 Å². The van der Waals surface area contributed by atoms with Crippen LogP contribution in [-0.2, 0) is 4.79 Å². The van der Waals surface area contributed by atoms with E-state index in [4.69, 9.17) is 0 Å². The summed E-state index contributed by atoms with van der Waals surface area (Å²) in [7, 11) is 0. The predicted molar refractivity (Wildman–Crippen MR) is 80.9 cm³/mol. The number of rotatable bonds is 3. The minimum atomic E-state index is -0.0165. The zero-order valence-electron chi connectivity index (χ0n) is 11.7. The van der Waals surface area contributed by atoms with Gasteiger partial charge in [-0.05, 0) is 11.6 Å². The molecule has 1 atom stereocenters. The molecule has 2 aliphatic rings. The highest BCUT2D eigenvalue weighted by Crippen LogP contribution is 2.32. The predicted octanol–water partition coefficient (Wildman–Crippen LogP) is 1.53. The Bertz CT molecular complexity index is 506. The van der Waals surface area contributed by atoms with Crippen molar-refractivity contribution in [3.05, 3.63) is 42.5 Å². The van der Waals surface area contributed by atoms with Gasteiger partial charge in [-0.2, -0.15) is 0 Å². The van der Waals surface area contributed by atoms with Crippen LogP contribution in [0.15, 0.2) is 36.9 Å². The lowest BCUT2D eigenvalue weighted by molar-refractivity contribution is -0.134. The normalized spacial score (nSPS) is 22.2. The Morgan fingerprint density at radius 1 is 1.30 bits per heavy atom. The number of para-hydroxylation sites is 1. The molecule has 1 N–H and O–H groups in total. The second kappa shape index (κ2) is 5.67. The van der Waals surface area contributed by atoms with Gasteiger partial charge in [0.05, 0.1) is 5.92 Å². The zero-order chi connectivity index (χ0) is 13.9. The van der Waals surface area contributed by atoms with Gasteiger partial charge in [-0.15, -0.1) is 6.58 Å². The van der Waals surface area contributed by atoms with Gasteiger partial charge in [0, 0.05) is 45.0 Å². The van der Waals surface area contributed by atoms with E-state index in [0.29, 0.717) is 0 Å². The molecule has 4 nitrogen and oxygen atoms in total. The maximum Gasteiger partial charge on any atom is 0.232 e. The van der Waals surface area contributed by atoms with Crippen LogP contribution in [0.2, 0.25) is 0 Å². The van der Waals surface area contributed by atoms with Gasteiger partial charge < -0.3 is 10.2 Å². The summed E-state index contributed by atoms with van der Waals surface area (Å²) < 4.78 is 0. The van der Waals surface area contributed by atoms with Gasteiger partial charge in [0.15, 0.2) is 0 Å². The molecule has 1 unspecified atom stereocenters. The first-order chi connectivity index (χ1) is 9.79. The Morgan fingerprint density at radius 2 is 2.05 bits per heavy atom. The molecule has 0 saturated carbocycles. The lowest BCUT2D eigenvalue weighted by Gasteiger charge is -2.35. The summed E-state index contributed by atoms with van der Waals surface area (Å²) in [5, 5.41) is 3.33. The highest BCUT2D eigenvalue weighted by atomic mass is 16.2. The maximum absolute atomic E-state index is 12.7. The molecule has 1 fully saturated rings. The fraction of sp³-hybridized carbons (Fsp3) is 0.438. The Labute approximate surface area is 120 Å². The summed E-state index contributed by atoms with van der Waals surface area (Å²) >= 11 is 0. The lowest BCUT2D eigenvalue weighted by Crippen LogP contribution is -2.50. The van der Waals surface area contributed by atoms with E-state index in [1.54, 1.807) is 0 Å². The molecular formula is C16H21N3O. The van der Waals surface area contributed by atoms with Crippen molar-refractivity contribution in [2.24, 2.45) is 0 Å². The van der Waals surface area contributed by atoms with Crippen molar-refractivity contribution in [2.45, 2.75) is 5.92 Å². The largest absolute Gasteiger partial charge is 0.384 e. The lowest BCUT2D eigenvalue weighted by atomic mass is 9.99. The Balaban J connectivity index is 1.65. The van der Waals surface area contributed by atoms with E-state index in [1.165, 1.54) is 0 Å². The molecule has 0 radical (unpaired) electrons. The van der Waals surface area contributed by atoms with E-state index < -0.39 is 0 Å². The first kappa shape index (κ1) is 13.2. The van der Waals surface area contributed by atoms with E-state index in [0.717, 1.165) is 50.5 Å². The van der Waals surface area contributed by atoms with E-state index in [1.807, 2.05) is 29.2 Å². The molecule has 3 rings (SSSR count). The molecule has 0 aliphatic carbocycles. The summed E-state index contributed by atoms with van der Waals surface area (Å²) in [6.07, 6.45) is 1.93. The molecule has 1 aromatic carbocycles. The summed E-state index contributed by atoms with van der Waals surface area (Å²) in [6.45, 7) is 8.94. The van der Waals surface area contributed by atoms with E-state index in [2.05, 4.69) is 22.9 Å². The van der Waals surface area contributed by atoms with Gasteiger partial charge in [0.25, 0.3) is 0 Å². The number of nitrogens with zero attached hydrogens (tertiary/aromatic N) is 2. The fourth-order valence-corrected chi connectivity index (χ4v) is 3.06. The van der Waals surface area contributed by atoms with Crippen LogP contribution in [0.5, 0.6) is 0 Å². The van der Waals surface area contributed by atoms with Gasteiger partial charge in [0.2, 0.25) is 5.91 Å². The number of benzene rings is 1. The zero-order valence-corrected chi connectivity index (χ0v) is 11.7. The number of piperazine rings is 1. The number of amides is 1. The van der Waals surface area contributed by atoms with Crippen molar-refractivity contribution in [3.63, 3.8) is 0 Å². The minimum Gasteiger partial charge on any atom is -0.384 e. The van der Waals surface area contributed by atoms with Crippen LogP contribution in [-0.4, -0.2) is 55.0 Å². The van der Waals surface area contributed by atoms with Crippen LogP contribution in [0, 0.1) is 0 Å². The van der Waals surface area contributed by atoms with Gasteiger partial charge in [-0.3, -0.25) is 9.69 Å². The van der Waals surface area contributed by atoms with Crippen molar-refractivity contribution >= 4 is 11.6 Å². The number of anilines is 1. The van der Waals surface area contributed by atoms with Crippen LogP contribution < -0.4 is 5.32 Å². The third-order valence-corrected chi connectivity index (χ3v) is 4.20. The van der Waals surface area contributed by atoms with Crippen molar-refractivity contribution in [1.29, 1.82) is 0 Å². The van der Waals surface area contributed by atoms with Crippen LogP contribution in [0.3, 0.4) is 0 Å². The Kier molecular flexibility index (Phi) is 3.74. The number of hydrogen-bond donors (Lipinski definition) is 1. The standard InChI is InChI=1S/C16H21N3O/c1-2-7-18-8-10-19(11-9-18)16(20)14-12-17-15-6-4-3-5-13(14)15/h2-6,14,17H,1,7-12H2. The summed E-state index contributed by atoms with van der Waals surface area (Å²) in [5.41, 5.74) is 2.25. The molecule has 0 aromatic heterocycles. The molecular weight excluding hydrogens is 250 g/mol. The van der Waals surface area contributed by atoms with Gasteiger partial charge >= 0.3 is 0 Å². The Hall–Kier alpha value is -1.81. The third kappa shape index (κ3) is 2.43. The van der Waals surface area contributed by atoms with Crippen LogP contribution in [0.25, 0.3) is 0 Å². The van der Waals surface area contributed by atoms with Gasteiger partial charge in [-0.25, -0.2) is 0 Å². The number of hydrogen-bond acceptors (Lipinski definition) is 3. The minimum absolute atomic E-state index is 0.0165. The molecule has 106 valence electrons. The van der Waals surface area contributed by atoms with Crippen molar-refractivity contribution in [1.82, 2.24) is 9.80 Å². The van der Waals surface area contributed by atoms with E-state index in [9.17, 15) is 4.79 Å². The first-order valence-corrected chi connectivity index (χ1v) is 7.24. The van der Waals surface area contributed by atoms with Gasteiger partial charge in [-0.1, -0.05) is 24.3 Å². The van der Waals surface area contributed by atoms with E-state index >= 15 is 0 Å². The number of carbonyl (C=O) groups excluding carboxylic acids is 1. The number of fused-ring (bicyclic) bond motifs is 1. The number of carbonyl (C=O) groups is 1. The van der Waals surface area contributed by atoms with Crippen LogP contribution in [0.4, 0.5) is 5.69 Å². The fourth-order valence-electron chi connectivity index (χ4n) is 3.06. The second-order valence-electron chi connectivity index (χ2n) is 5.44. The van der Waals surface area contributed by atoms with Gasteiger partial charge in [0.1, 0.15) is 0 Å². The molecule has 1 amide bonds. The van der Waals surface area contributed by atoms with Crippen LogP contribution >= 0.6 is 0 Å².